The summed E-state index contributed by atoms with van der Waals surface area (Å²) in [6.45, 7) is 7.18. The molecule has 1 aromatic rings. The Morgan fingerprint density at radius 1 is 1.33 bits per heavy atom. The summed E-state index contributed by atoms with van der Waals surface area (Å²) in [6.07, 6.45) is 0. The molecule has 4 heteroatoms. The molecule has 0 aliphatic carbocycles. The Labute approximate surface area is 88.5 Å². The van der Waals surface area contributed by atoms with E-state index in [1.165, 1.54) is 6.92 Å². The van der Waals surface area contributed by atoms with Crippen LogP contribution < -0.4 is 5.11 Å². The maximum absolute atomic E-state index is 11.4. The predicted molar refractivity (Wildman–Crippen MR) is 53.9 cm³/mol. The fourth-order valence-electron chi connectivity index (χ4n) is 2.07. The van der Waals surface area contributed by atoms with E-state index in [0.29, 0.717) is 23.4 Å². The summed E-state index contributed by atoms with van der Waals surface area (Å²) in [6, 6.07) is 0. The number of ketones is 1. The van der Waals surface area contributed by atoms with Crippen molar-refractivity contribution < 1.29 is 14.7 Å². The normalized spacial score (nSPS) is 10.4. The number of Topliss-reactive ketones (excluding diaryl/α,β-unsaturated/α-hetero) is 1. The lowest BCUT2D eigenvalue weighted by Gasteiger charge is -2.09. The van der Waals surface area contributed by atoms with Crippen molar-refractivity contribution in [1.82, 2.24) is 4.57 Å². The average Bonchev–Trinajstić information content (AvgIpc) is 2.36. The Hall–Kier alpha value is -1.58. The standard InChI is InChI=1S/C11H15NO3/c1-5-12-7(3)9(8(4)13)6(2)10(12)11(14)15/h5H2,1-4H3,(H,14,15)/p-1. The topological polar surface area (TPSA) is 62.1 Å². The third kappa shape index (κ3) is 1.67. The lowest BCUT2D eigenvalue weighted by atomic mass is 10.1. The van der Waals surface area contributed by atoms with Gasteiger partial charge in [-0.2, -0.15) is 0 Å². The van der Waals surface area contributed by atoms with Crippen LogP contribution in [0.2, 0.25) is 0 Å². The number of hydrogen-bond donors (Lipinski definition) is 0. The summed E-state index contributed by atoms with van der Waals surface area (Å²) < 4.78 is 1.60. The van der Waals surface area contributed by atoms with Gasteiger partial charge in [0.1, 0.15) is 0 Å². The van der Waals surface area contributed by atoms with Crippen LogP contribution in [0, 0.1) is 13.8 Å². The van der Waals surface area contributed by atoms with E-state index >= 15 is 0 Å². The highest BCUT2D eigenvalue weighted by Crippen LogP contribution is 2.22. The smallest absolute Gasteiger partial charge is 0.161 e. The Kier molecular flexibility index (Phi) is 2.98. The number of carbonyl (C=O) groups excluding carboxylic acids is 2. The van der Waals surface area contributed by atoms with Crippen LogP contribution in [0.4, 0.5) is 0 Å². The molecule has 0 fully saturated rings. The van der Waals surface area contributed by atoms with Crippen LogP contribution in [0.1, 0.15) is 46.0 Å². The summed E-state index contributed by atoms with van der Waals surface area (Å²) >= 11 is 0. The van der Waals surface area contributed by atoms with Gasteiger partial charge >= 0.3 is 0 Å². The van der Waals surface area contributed by atoms with Gasteiger partial charge in [0.25, 0.3) is 0 Å². The summed E-state index contributed by atoms with van der Waals surface area (Å²) in [7, 11) is 0. The zero-order valence-corrected chi connectivity index (χ0v) is 9.38. The summed E-state index contributed by atoms with van der Waals surface area (Å²) in [4.78, 5) is 22.3. The molecule has 15 heavy (non-hydrogen) atoms. The predicted octanol–water partition coefficient (Wildman–Crippen LogP) is 0.691. The van der Waals surface area contributed by atoms with Gasteiger partial charge < -0.3 is 14.5 Å². The van der Waals surface area contributed by atoms with Crippen molar-refractivity contribution in [3.05, 3.63) is 22.5 Å². The molecule has 0 saturated heterocycles. The molecule has 1 heterocycles. The highest BCUT2D eigenvalue weighted by molar-refractivity contribution is 6.00. The molecule has 4 nitrogen and oxygen atoms in total. The van der Waals surface area contributed by atoms with Gasteiger partial charge in [0.2, 0.25) is 0 Å². The number of nitrogens with zero attached hydrogens (tertiary/aromatic N) is 1. The van der Waals surface area contributed by atoms with Gasteiger partial charge in [0, 0.05) is 17.8 Å². The van der Waals surface area contributed by atoms with Crippen molar-refractivity contribution in [2.24, 2.45) is 0 Å². The van der Waals surface area contributed by atoms with Crippen molar-refractivity contribution in [2.75, 3.05) is 0 Å². The average molecular weight is 208 g/mol. The van der Waals surface area contributed by atoms with Gasteiger partial charge in [-0.05, 0) is 33.3 Å². The molecule has 0 amide bonds. The number of hydrogen-bond acceptors (Lipinski definition) is 3. The monoisotopic (exact) mass is 208 g/mol. The van der Waals surface area contributed by atoms with Crippen LogP contribution in [0.5, 0.6) is 0 Å². The van der Waals surface area contributed by atoms with E-state index < -0.39 is 5.97 Å². The van der Waals surface area contributed by atoms with E-state index in [4.69, 9.17) is 0 Å². The third-order valence-corrected chi connectivity index (χ3v) is 2.63. The second-order valence-corrected chi connectivity index (χ2v) is 3.52. The lowest BCUT2D eigenvalue weighted by Crippen LogP contribution is -2.26. The van der Waals surface area contributed by atoms with Crippen molar-refractivity contribution in [1.29, 1.82) is 0 Å². The van der Waals surface area contributed by atoms with Crippen molar-refractivity contribution in [2.45, 2.75) is 34.2 Å². The first-order chi connectivity index (χ1) is 6.91. The largest absolute Gasteiger partial charge is 0.543 e. The van der Waals surface area contributed by atoms with E-state index in [2.05, 4.69) is 0 Å². The maximum Gasteiger partial charge on any atom is 0.161 e. The molecular weight excluding hydrogens is 194 g/mol. The van der Waals surface area contributed by atoms with Gasteiger partial charge in [-0.15, -0.1) is 0 Å². The van der Waals surface area contributed by atoms with Crippen molar-refractivity contribution in [3.63, 3.8) is 0 Å². The number of aromatic carboxylic acids is 1. The molecule has 0 aliphatic rings. The van der Waals surface area contributed by atoms with Crippen molar-refractivity contribution >= 4 is 11.8 Å². The fraction of sp³-hybridized carbons (Fsp3) is 0.455. The molecule has 0 atom stereocenters. The van der Waals surface area contributed by atoms with E-state index in [0.717, 1.165) is 0 Å². The lowest BCUT2D eigenvalue weighted by molar-refractivity contribution is -0.255. The number of carbonyl (C=O) groups is 2. The SMILES string of the molecule is CCn1c(C)c(C(C)=O)c(C)c1C(=O)[O-]. The second kappa shape index (κ2) is 3.88. The summed E-state index contributed by atoms with van der Waals surface area (Å²) in [5.74, 6) is -1.34. The molecule has 0 radical (unpaired) electrons. The molecule has 82 valence electrons. The first-order valence-corrected chi connectivity index (χ1v) is 4.83. The minimum atomic E-state index is -1.23. The van der Waals surface area contributed by atoms with E-state index in [1.807, 2.05) is 6.92 Å². The highest BCUT2D eigenvalue weighted by Gasteiger charge is 2.19. The van der Waals surface area contributed by atoms with Gasteiger partial charge in [0.05, 0.1) is 11.7 Å². The van der Waals surface area contributed by atoms with Crippen LogP contribution in [0.15, 0.2) is 0 Å². The second-order valence-electron chi connectivity index (χ2n) is 3.52. The molecule has 0 unspecified atom stereocenters. The Balaban J connectivity index is 3.59. The van der Waals surface area contributed by atoms with Crippen molar-refractivity contribution in [3.8, 4) is 0 Å². The Morgan fingerprint density at radius 3 is 2.13 bits per heavy atom. The number of aromatic nitrogens is 1. The quantitative estimate of drug-likeness (QED) is 0.686. The molecule has 1 rings (SSSR count). The molecule has 0 N–H and O–H groups in total. The van der Waals surface area contributed by atoms with Crippen LogP contribution in [-0.4, -0.2) is 16.3 Å². The number of carboxylic acid groups (broad SMARTS) is 1. The Bertz CT molecular complexity index is 430. The zero-order valence-electron chi connectivity index (χ0n) is 9.38. The minimum absolute atomic E-state index is 0.111. The number of carboxylic acids is 1. The first-order valence-electron chi connectivity index (χ1n) is 4.83. The fourth-order valence-corrected chi connectivity index (χ4v) is 2.07. The first kappa shape index (κ1) is 11.5. The molecule has 0 aromatic carbocycles. The molecule has 0 bridgehead atoms. The zero-order chi connectivity index (χ0) is 11.7. The molecule has 0 saturated carbocycles. The van der Waals surface area contributed by atoms with Crippen LogP contribution >= 0.6 is 0 Å². The molecule has 0 aliphatic heterocycles. The van der Waals surface area contributed by atoms with Crippen LogP contribution in [0.25, 0.3) is 0 Å². The van der Waals surface area contributed by atoms with Gasteiger partial charge in [-0.3, -0.25) is 4.79 Å². The van der Waals surface area contributed by atoms with Gasteiger partial charge in [-0.1, -0.05) is 0 Å². The van der Waals surface area contributed by atoms with E-state index in [1.54, 1.807) is 18.4 Å². The molecular formula is C11H14NO3-. The number of rotatable bonds is 3. The Morgan fingerprint density at radius 2 is 1.87 bits per heavy atom. The third-order valence-electron chi connectivity index (χ3n) is 2.63. The van der Waals surface area contributed by atoms with Gasteiger partial charge in [-0.25, -0.2) is 0 Å². The van der Waals surface area contributed by atoms with Gasteiger partial charge in [0.15, 0.2) is 5.78 Å². The minimum Gasteiger partial charge on any atom is -0.543 e. The molecule has 0 spiro atoms. The molecule has 1 aromatic heterocycles. The van der Waals surface area contributed by atoms with E-state index in [9.17, 15) is 14.7 Å². The maximum atomic E-state index is 11.4. The van der Waals surface area contributed by atoms with Crippen LogP contribution in [-0.2, 0) is 6.54 Å². The highest BCUT2D eigenvalue weighted by atomic mass is 16.4. The summed E-state index contributed by atoms with van der Waals surface area (Å²) in [5, 5.41) is 10.9. The summed E-state index contributed by atoms with van der Waals surface area (Å²) in [5.41, 5.74) is 1.81. The van der Waals surface area contributed by atoms with Crippen LogP contribution in [0.3, 0.4) is 0 Å². The van der Waals surface area contributed by atoms with E-state index in [-0.39, 0.29) is 11.5 Å².